The highest BCUT2D eigenvalue weighted by molar-refractivity contribution is 6.05. The highest BCUT2D eigenvalue weighted by Crippen LogP contribution is 2.35. The Kier molecular flexibility index (Phi) is 5.28. The number of benzene rings is 1. The van der Waals surface area contributed by atoms with E-state index in [9.17, 15) is 4.79 Å². The first kappa shape index (κ1) is 20.1. The molecule has 0 radical (unpaired) electrons. The van der Waals surface area contributed by atoms with E-state index in [1.54, 1.807) is 6.20 Å². The van der Waals surface area contributed by atoms with Crippen LogP contribution in [0.5, 0.6) is 0 Å². The SMILES string of the molecule is CCn1c(-c2nonc2N)nc2c(-c3ccccc3)ncc(NC(=O)C3CCNCC3)c21. The molecule has 1 amide bonds. The summed E-state index contributed by atoms with van der Waals surface area (Å²) in [5.74, 6) is 0.636. The monoisotopic (exact) mass is 432 g/mol. The molecule has 1 aliphatic rings. The van der Waals surface area contributed by atoms with Crippen LogP contribution in [-0.4, -0.2) is 43.8 Å². The van der Waals surface area contributed by atoms with Crippen molar-refractivity contribution in [1.82, 2.24) is 30.2 Å². The molecule has 32 heavy (non-hydrogen) atoms. The van der Waals surface area contributed by atoms with Gasteiger partial charge in [-0.15, -0.1) is 0 Å². The Morgan fingerprint density at radius 2 is 2.00 bits per heavy atom. The van der Waals surface area contributed by atoms with Crippen molar-refractivity contribution >= 4 is 28.4 Å². The zero-order chi connectivity index (χ0) is 22.1. The molecule has 4 N–H and O–H groups in total. The minimum Gasteiger partial charge on any atom is -0.379 e. The summed E-state index contributed by atoms with van der Waals surface area (Å²) >= 11 is 0. The number of nitrogens with two attached hydrogens (primary N) is 1. The number of piperidine rings is 1. The lowest BCUT2D eigenvalue weighted by molar-refractivity contribution is -0.120. The third-order valence-corrected chi connectivity index (χ3v) is 5.83. The van der Waals surface area contributed by atoms with Crippen molar-refractivity contribution in [3.63, 3.8) is 0 Å². The highest BCUT2D eigenvalue weighted by atomic mass is 16.6. The van der Waals surface area contributed by atoms with Crippen LogP contribution in [0, 0.1) is 5.92 Å². The van der Waals surface area contributed by atoms with Crippen LogP contribution < -0.4 is 16.4 Å². The summed E-state index contributed by atoms with van der Waals surface area (Å²) in [4.78, 5) is 22.5. The average molecular weight is 432 g/mol. The normalized spacial score (nSPS) is 14.7. The number of nitrogens with zero attached hydrogens (tertiary/aromatic N) is 5. The van der Waals surface area contributed by atoms with E-state index in [1.165, 1.54) is 0 Å². The zero-order valence-electron chi connectivity index (χ0n) is 17.7. The highest BCUT2D eigenvalue weighted by Gasteiger charge is 2.26. The molecule has 1 fully saturated rings. The number of aromatic nitrogens is 5. The van der Waals surface area contributed by atoms with Gasteiger partial charge >= 0.3 is 0 Å². The maximum atomic E-state index is 13.0. The van der Waals surface area contributed by atoms with Crippen molar-refractivity contribution in [3.8, 4) is 22.8 Å². The molecule has 0 atom stereocenters. The zero-order valence-corrected chi connectivity index (χ0v) is 17.7. The van der Waals surface area contributed by atoms with Gasteiger partial charge in [0.1, 0.15) is 5.52 Å². The van der Waals surface area contributed by atoms with E-state index in [0.717, 1.165) is 37.0 Å². The van der Waals surface area contributed by atoms with Crippen LogP contribution in [0.4, 0.5) is 11.5 Å². The van der Waals surface area contributed by atoms with E-state index in [0.29, 0.717) is 35.0 Å². The number of imidazole rings is 1. The first-order chi connectivity index (χ1) is 15.7. The number of hydrogen-bond donors (Lipinski definition) is 3. The number of fused-ring (bicyclic) bond motifs is 1. The summed E-state index contributed by atoms with van der Waals surface area (Å²) in [5.41, 5.74) is 9.99. The molecule has 0 saturated carbocycles. The van der Waals surface area contributed by atoms with Gasteiger partial charge in [0.05, 0.1) is 23.1 Å². The van der Waals surface area contributed by atoms with E-state index in [2.05, 4.69) is 25.9 Å². The van der Waals surface area contributed by atoms with Gasteiger partial charge in [-0.2, -0.15) is 0 Å². The molecule has 0 spiro atoms. The maximum Gasteiger partial charge on any atom is 0.227 e. The number of amides is 1. The minimum absolute atomic E-state index is 0.00455. The quantitative estimate of drug-likeness (QED) is 0.438. The molecule has 0 unspecified atom stereocenters. The van der Waals surface area contributed by atoms with Crippen LogP contribution in [0.1, 0.15) is 19.8 Å². The Labute approximate surface area is 184 Å². The van der Waals surface area contributed by atoms with Crippen LogP contribution in [-0.2, 0) is 11.3 Å². The standard InChI is InChI=1S/C22H24N8O2/c1-2-30-19-15(26-22(31)14-8-10-24-11-9-14)12-25-16(13-6-4-3-5-7-13)17(19)27-21(30)18-20(23)29-32-28-18/h3-7,12,14,24H,2,8-11H2,1H3,(H2,23,29)(H,26,31). The van der Waals surface area contributed by atoms with Gasteiger partial charge in [0.2, 0.25) is 5.91 Å². The summed E-state index contributed by atoms with van der Waals surface area (Å²) in [5, 5.41) is 14.0. The van der Waals surface area contributed by atoms with Crippen molar-refractivity contribution in [2.24, 2.45) is 5.92 Å². The van der Waals surface area contributed by atoms with Gasteiger partial charge in [0, 0.05) is 18.0 Å². The number of hydrogen-bond acceptors (Lipinski definition) is 8. The second-order valence-electron chi connectivity index (χ2n) is 7.77. The molecule has 1 aliphatic heterocycles. The van der Waals surface area contributed by atoms with E-state index in [4.69, 9.17) is 15.3 Å². The Balaban J connectivity index is 1.68. The molecule has 3 aromatic heterocycles. The Morgan fingerprint density at radius 3 is 2.69 bits per heavy atom. The molecular formula is C22H24N8O2. The van der Waals surface area contributed by atoms with Gasteiger partial charge in [0.15, 0.2) is 17.3 Å². The first-order valence-electron chi connectivity index (χ1n) is 10.7. The molecule has 10 heteroatoms. The van der Waals surface area contributed by atoms with Gasteiger partial charge in [-0.25, -0.2) is 9.61 Å². The van der Waals surface area contributed by atoms with Gasteiger partial charge in [0.25, 0.3) is 0 Å². The van der Waals surface area contributed by atoms with Crippen molar-refractivity contribution < 1.29 is 9.42 Å². The van der Waals surface area contributed by atoms with E-state index >= 15 is 0 Å². The Hall–Kier alpha value is -3.79. The molecule has 164 valence electrons. The molecule has 5 rings (SSSR count). The lowest BCUT2D eigenvalue weighted by atomic mass is 9.97. The molecule has 1 saturated heterocycles. The maximum absolute atomic E-state index is 13.0. The van der Waals surface area contributed by atoms with Gasteiger partial charge in [-0.05, 0) is 43.2 Å². The molecule has 4 aromatic rings. The molecule has 0 bridgehead atoms. The first-order valence-corrected chi connectivity index (χ1v) is 10.7. The average Bonchev–Trinajstić information content (AvgIpc) is 3.43. The van der Waals surface area contributed by atoms with E-state index in [1.807, 2.05) is 41.8 Å². The summed E-state index contributed by atoms with van der Waals surface area (Å²) < 4.78 is 6.77. The van der Waals surface area contributed by atoms with Crippen LogP contribution in [0.2, 0.25) is 0 Å². The number of aryl methyl sites for hydroxylation is 1. The lowest BCUT2D eigenvalue weighted by Crippen LogP contribution is -2.34. The van der Waals surface area contributed by atoms with Crippen molar-refractivity contribution in [1.29, 1.82) is 0 Å². The van der Waals surface area contributed by atoms with E-state index < -0.39 is 0 Å². The van der Waals surface area contributed by atoms with Crippen LogP contribution in [0.25, 0.3) is 33.8 Å². The van der Waals surface area contributed by atoms with E-state index in [-0.39, 0.29) is 17.6 Å². The Morgan fingerprint density at radius 1 is 1.22 bits per heavy atom. The van der Waals surface area contributed by atoms with Gasteiger partial charge in [-0.1, -0.05) is 30.3 Å². The van der Waals surface area contributed by atoms with Gasteiger partial charge in [-0.3, -0.25) is 9.78 Å². The fourth-order valence-corrected chi connectivity index (χ4v) is 4.20. The molecule has 4 heterocycles. The van der Waals surface area contributed by atoms with Crippen LogP contribution in [0.3, 0.4) is 0 Å². The number of nitrogen functional groups attached to an aromatic ring is 1. The number of carbonyl (C=O) groups is 1. The Bertz CT molecular complexity index is 1260. The van der Waals surface area contributed by atoms with Crippen molar-refractivity contribution in [2.45, 2.75) is 26.3 Å². The fourth-order valence-electron chi connectivity index (χ4n) is 4.20. The molecule has 0 aliphatic carbocycles. The number of anilines is 2. The largest absolute Gasteiger partial charge is 0.379 e. The third-order valence-electron chi connectivity index (χ3n) is 5.83. The fraction of sp³-hybridized carbons (Fsp3) is 0.318. The van der Waals surface area contributed by atoms with Crippen LogP contribution >= 0.6 is 0 Å². The second-order valence-corrected chi connectivity index (χ2v) is 7.77. The summed E-state index contributed by atoms with van der Waals surface area (Å²) in [6, 6.07) is 9.81. The second kappa shape index (κ2) is 8.39. The molecule has 10 nitrogen and oxygen atoms in total. The van der Waals surface area contributed by atoms with Crippen LogP contribution in [0.15, 0.2) is 41.2 Å². The predicted molar refractivity (Wildman–Crippen MR) is 121 cm³/mol. The number of carbonyl (C=O) groups excluding carboxylic acids is 1. The summed E-state index contributed by atoms with van der Waals surface area (Å²) in [6.45, 7) is 4.25. The molecular weight excluding hydrogens is 408 g/mol. The molecule has 1 aromatic carbocycles. The number of rotatable bonds is 5. The summed E-state index contributed by atoms with van der Waals surface area (Å²) in [7, 11) is 0. The smallest absolute Gasteiger partial charge is 0.227 e. The van der Waals surface area contributed by atoms with Gasteiger partial charge < -0.3 is 20.9 Å². The number of nitrogens with one attached hydrogen (secondary N) is 2. The summed E-state index contributed by atoms with van der Waals surface area (Å²) in [6.07, 6.45) is 3.32. The van der Waals surface area contributed by atoms with Crippen molar-refractivity contribution in [3.05, 3.63) is 36.5 Å². The van der Waals surface area contributed by atoms with Crippen molar-refractivity contribution in [2.75, 3.05) is 24.1 Å². The number of pyridine rings is 1. The predicted octanol–water partition coefficient (Wildman–Crippen LogP) is 2.69. The minimum atomic E-state index is -0.0343. The topological polar surface area (TPSA) is 137 Å². The third kappa shape index (κ3) is 3.48. The lowest BCUT2D eigenvalue weighted by Gasteiger charge is -2.22.